The van der Waals surface area contributed by atoms with Crippen LogP contribution in [0, 0.1) is 29.1 Å². The first-order valence-electron chi connectivity index (χ1n) is 7.40. The number of nitrogens with one attached hydrogen (secondary N) is 2. The molecule has 5 heteroatoms. The number of fused-ring (bicyclic) bond motifs is 2. The Hall–Kier alpha value is -2.06. The number of carbonyl (C=O) groups excluding carboxylic acids is 1. The van der Waals surface area contributed by atoms with Crippen LogP contribution < -0.4 is 10.6 Å². The number of nitrogens with zero attached hydrogens (tertiary/aromatic N) is 1. The fraction of sp³-hybridized carbons (Fsp3) is 0.500. The van der Waals surface area contributed by atoms with E-state index in [-0.39, 0.29) is 24.6 Å². The Morgan fingerprint density at radius 3 is 2.95 bits per heavy atom. The maximum absolute atomic E-state index is 12.1. The second kappa shape index (κ2) is 5.74. The lowest BCUT2D eigenvalue weighted by Gasteiger charge is -2.30. The summed E-state index contributed by atoms with van der Waals surface area (Å²) in [5.74, 6) is 1.22. The van der Waals surface area contributed by atoms with Crippen molar-refractivity contribution < 1.29 is 9.90 Å². The molecular weight excluding hydrogens is 266 g/mol. The molecule has 1 aromatic carbocycles. The summed E-state index contributed by atoms with van der Waals surface area (Å²) in [6.07, 6.45) is 3.41. The molecule has 3 N–H and O–H groups in total. The van der Waals surface area contributed by atoms with E-state index in [0.29, 0.717) is 23.1 Å². The normalized spacial score (nSPS) is 29.9. The molecule has 0 radical (unpaired) electrons. The number of amides is 2. The third kappa shape index (κ3) is 2.72. The molecule has 2 bridgehead atoms. The molecule has 2 aliphatic carbocycles. The molecule has 0 saturated heterocycles. The Morgan fingerprint density at radius 1 is 1.38 bits per heavy atom. The molecule has 0 heterocycles. The van der Waals surface area contributed by atoms with Gasteiger partial charge in [-0.3, -0.25) is 0 Å². The molecule has 2 saturated carbocycles. The van der Waals surface area contributed by atoms with Crippen LogP contribution in [0.2, 0.25) is 0 Å². The molecule has 0 unspecified atom stereocenters. The standard InChI is InChI=1S/C16H19N3O2/c17-8-10-2-1-3-13(6-10)18-16(21)19-15-12-5-4-11(7-12)14(15)9-20/h1-3,6,11-12,14-15,20H,4-5,7,9H2,(H2,18,19,21)/t11-,12-,14-,15+/m0/s1. The summed E-state index contributed by atoms with van der Waals surface area (Å²) in [5, 5.41) is 24.1. The highest BCUT2D eigenvalue weighted by Gasteiger charge is 2.47. The molecule has 4 atom stereocenters. The minimum absolute atomic E-state index is 0.0629. The zero-order valence-electron chi connectivity index (χ0n) is 11.7. The van der Waals surface area contributed by atoms with Crippen LogP contribution in [-0.2, 0) is 0 Å². The summed E-state index contributed by atoms with van der Waals surface area (Å²) in [4.78, 5) is 12.1. The molecule has 0 aliphatic heterocycles. The van der Waals surface area contributed by atoms with Crippen LogP contribution >= 0.6 is 0 Å². The van der Waals surface area contributed by atoms with Crippen LogP contribution in [0.4, 0.5) is 10.5 Å². The van der Waals surface area contributed by atoms with Gasteiger partial charge in [-0.25, -0.2) is 4.79 Å². The highest BCUT2D eigenvalue weighted by atomic mass is 16.3. The van der Waals surface area contributed by atoms with Crippen molar-refractivity contribution in [1.29, 1.82) is 5.26 Å². The monoisotopic (exact) mass is 285 g/mol. The highest BCUT2D eigenvalue weighted by molar-refractivity contribution is 5.89. The van der Waals surface area contributed by atoms with E-state index in [1.165, 1.54) is 6.42 Å². The quantitative estimate of drug-likeness (QED) is 0.795. The van der Waals surface area contributed by atoms with E-state index in [1.54, 1.807) is 24.3 Å². The van der Waals surface area contributed by atoms with Crippen molar-refractivity contribution in [3.63, 3.8) is 0 Å². The Kier molecular flexibility index (Phi) is 3.80. The zero-order valence-corrected chi connectivity index (χ0v) is 11.7. The van der Waals surface area contributed by atoms with E-state index in [0.717, 1.165) is 12.8 Å². The molecule has 3 rings (SSSR count). The number of aliphatic hydroxyl groups excluding tert-OH is 1. The second-order valence-corrected chi connectivity index (χ2v) is 6.00. The first-order valence-corrected chi connectivity index (χ1v) is 7.40. The summed E-state index contributed by atoms with van der Waals surface area (Å²) in [6, 6.07) is 8.68. The fourth-order valence-corrected chi connectivity index (χ4v) is 3.88. The molecule has 5 nitrogen and oxygen atoms in total. The first kappa shape index (κ1) is 13.9. The van der Waals surface area contributed by atoms with E-state index in [4.69, 9.17) is 5.26 Å². The minimum Gasteiger partial charge on any atom is -0.396 e. The number of aliphatic hydroxyl groups is 1. The van der Waals surface area contributed by atoms with Crippen LogP contribution in [0.25, 0.3) is 0 Å². The average Bonchev–Trinajstić information content (AvgIpc) is 3.08. The van der Waals surface area contributed by atoms with Crippen molar-refractivity contribution >= 4 is 11.7 Å². The molecule has 2 amide bonds. The van der Waals surface area contributed by atoms with E-state index >= 15 is 0 Å². The lowest BCUT2D eigenvalue weighted by atomic mass is 9.85. The van der Waals surface area contributed by atoms with E-state index in [9.17, 15) is 9.90 Å². The maximum Gasteiger partial charge on any atom is 0.319 e. The van der Waals surface area contributed by atoms with Gasteiger partial charge in [-0.1, -0.05) is 6.07 Å². The number of anilines is 1. The van der Waals surface area contributed by atoms with Crippen LogP contribution in [0.1, 0.15) is 24.8 Å². The van der Waals surface area contributed by atoms with Gasteiger partial charge in [-0.2, -0.15) is 5.26 Å². The van der Waals surface area contributed by atoms with Crippen molar-refractivity contribution in [3.05, 3.63) is 29.8 Å². The topological polar surface area (TPSA) is 85.2 Å². The Labute approximate surface area is 124 Å². The van der Waals surface area contributed by atoms with Crippen molar-refractivity contribution in [2.45, 2.75) is 25.3 Å². The third-order valence-corrected chi connectivity index (χ3v) is 4.85. The first-order chi connectivity index (χ1) is 10.2. The Bertz CT molecular complexity index is 581. The number of nitriles is 1. The third-order valence-electron chi connectivity index (χ3n) is 4.85. The molecular formula is C16H19N3O2. The molecule has 110 valence electrons. The van der Waals surface area contributed by atoms with Gasteiger partial charge in [0.2, 0.25) is 0 Å². The van der Waals surface area contributed by atoms with Crippen molar-refractivity contribution in [1.82, 2.24) is 5.32 Å². The number of hydrogen-bond acceptors (Lipinski definition) is 3. The summed E-state index contributed by atoms with van der Waals surface area (Å²) in [7, 11) is 0. The number of hydrogen-bond donors (Lipinski definition) is 3. The predicted molar refractivity (Wildman–Crippen MR) is 78.5 cm³/mol. The van der Waals surface area contributed by atoms with Gasteiger partial charge in [-0.05, 0) is 49.3 Å². The predicted octanol–water partition coefficient (Wildman–Crippen LogP) is 2.09. The van der Waals surface area contributed by atoms with Gasteiger partial charge in [-0.15, -0.1) is 0 Å². The van der Waals surface area contributed by atoms with E-state index in [1.807, 2.05) is 6.07 Å². The summed E-state index contributed by atoms with van der Waals surface area (Å²) in [5.41, 5.74) is 1.12. The van der Waals surface area contributed by atoms with Gasteiger partial charge in [0.1, 0.15) is 0 Å². The van der Waals surface area contributed by atoms with Crippen LogP contribution in [0.15, 0.2) is 24.3 Å². The zero-order chi connectivity index (χ0) is 14.8. The van der Waals surface area contributed by atoms with Gasteiger partial charge in [0, 0.05) is 24.3 Å². The van der Waals surface area contributed by atoms with Gasteiger partial charge in [0.25, 0.3) is 0 Å². The highest BCUT2D eigenvalue weighted by Crippen LogP contribution is 2.48. The maximum atomic E-state index is 12.1. The summed E-state index contributed by atoms with van der Waals surface area (Å²) < 4.78 is 0. The second-order valence-electron chi connectivity index (χ2n) is 6.00. The molecule has 1 aromatic rings. The summed E-state index contributed by atoms with van der Waals surface area (Å²) in [6.45, 7) is 0.135. The Morgan fingerprint density at radius 2 is 2.19 bits per heavy atom. The molecule has 21 heavy (non-hydrogen) atoms. The molecule has 2 aliphatic rings. The van der Waals surface area contributed by atoms with Crippen LogP contribution in [-0.4, -0.2) is 23.8 Å². The summed E-state index contributed by atoms with van der Waals surface area (Å²) >= 11 is 0. The lowest BCUT2D eigenvalue weighted by Crippen LogP contribution is -2.46. The molecule has 0 spiro atoms. The van der Waals surface area contributed by atoms with Gasteiger partial charge in [0.05, 0.1) is 11.6 Å². The average molecular weight is 285 g/mol. The fourth-order valence-electron chi connectivity index (χ4n) is 3.88. The Balaban J connectivity index is 1.63. The van der Waals surface area contributed by atoms with E-state index in [2.05, 4.69) is 10.6 Å². The number of benzene rings is 1. The largest absolute Gasteiger partial charge is 0.396 e. The number of urea groups is 1. The molecule has 0 aromatic heterocycles. The lowest BCUT2D eigenvalue weighted by molar-refractivity contribution is 0.146. The number of rotatable bonds is 3. The SMILES string of the molecule is N#Cc1cccc(NC(=O)N[C@@H]2[C@H]3CC[C@@H](C3)[C@@H]2CO)c1. The van der Waals surface area contributed by atoms with E-state index < -0.39 is 0 Å². The minimum atomic E-state index is -0.263. The van der Waals surface area contributed by atoms with Crippen LogP contribution in [0.5, 0.6) is 0 Å². The van der Waals surface area contributed by atoms with Gasteiger partial charge >= 0.3 is 6.03 Å². The van der Waals surface area contributed by atoms with Gasteiger partial charge < -0.3 is 15.7 Å². The smallest absolute Gasteiger partial charge is 0.319 e. The van der Waals surface area contributed by atoms with Crippen molar-refractivity contribution in [3.8, 4) is 6.07 Å². The van der Waals surface area contributed by atoms with Gasteiger partial charge in [0.15, 0.2) is 0 Å². The van der Waals surface area contributed by atoms with Crippen molar-refractivity contribution in [2.24, 2.45) is 17.8 Å². The molecule has 2 fully saturated rings. The number of carbonyl (C=O) groups is 1. The van der Waals surface area contributed by atoms with Crippen molar-refractivity contribution in [2.75, 3.05) is 11.9 Å². The van der Waals surface area contributed by atoms with Crippen LogP contribution in [0.3, 0.4) is 0 Å².